The molecule has 1 aliphatic heterocycles. The molecule has 2 rings (SSSR count). The first-order valence-corrected chi connectivity index (χ1v) is 7.10. The van der Waals surface area contributed by atoms with Crippen LogP contribution < -0.4 is 0 Å². The molecule has 0 radical (unpaired) electrons. The van der Waals surface area contributed by atoms with Crippen LogP contribution in [-0.2, 0) is 19.8 Å². The standard InChI is InChI=1S/C16H18N2O5/c1-4-11-23-15(21)18-16(5-2,12-9-7-6-8-10-12)13(19)17(18)14(20)22-3/h4,6-10H,1,5,11H2,2-3H3/t16-/m1/s1. The summed E-state index contributed by atoms with van der Waals surface area (Å²) in [5, 5.41) is 1.65. The fourth-order valence-corrected chi connectivity index (χ4v) is 2.63. The predicted octanol–water partition coefficient (Wildman–Crippen LogP) is 2.44. The van der Waals surface area contributed by atoms with Crippen molar-refractivity contribution in [3.8, 4) is 0 Å². The maximum absolute atomic E-state index is 12.7. The number of hydrazine groups is 1. The van der Waals surface area contributed by atoms with Crippen molar-refractivity contribution >= 4 is 18.1 Å². The Morgan fingerprint density at radius 3 is 2.43 bits per heavy atom. The zero-order valence-corrected chi connectivity index (χ0v) is 13.0. The van der Waals surface area contributed by atoms with E-state index in [-0.39, 0.29) is 13.0 Å². The molecule has 1 aromatic carbocycles. The Morgan fingerprint density at radius 1 is 1.26 bits per heavy atom. The molecule has 1 fully saturated rings. The van der Waals surface area contributed by atoms with Gasteiger partial charge in [-0.05, 0) is 12.0 Å². The number of carbonyl (C=O) groups excluding carboxylic acids is 3. The molecule has 0 saturated carbocycles. The zero-order chi connectivity index (χ0) is 17.0. The van der Waals surface area contributed by atoms with E-state index in [9.17, 15) is 14.4 Å². The van der Waals surface area contributed by atoms with Crippen LogP contribution in [0.25, 0.3) is 0 Å². The molecular formula is C16H18N2O5. The Morgan fingerprint density at radius 2 is 1.91 bits per heavy atom. The van der Waals surface area contributed by atoms with Crippen molar-refractivity contribution in [2.45, 2.75) is 18.9 Å². The second-order valence-electron chi connectivity index (χ2n) is 4.84. The molecule has 0 bridgehead atoms. The van der Waals surface area contributed by atoms with Gasteiger partial charge in [0.05, 0.1) is 7.11 Å². The summed E-state index contributed by atoms with van der Waals surface area (Å²) in [5.74, 6) is -0.534. The molecule has 0 spiro atoms. The summed E-state index contributed by atoms with van der Waals surface area (Å²) in [7, 11) is 1.14. The van der Waals surface area contributed by atoms with Crippen molar-refractivity contribution < 1.29 is 23.9 Å². The zero-order valence-electron chi connectivity index (χ0n) is 13.0. The van der Waals surface area contributed by atoms with Gasteiger partial charge in [-0.2, -0.15) is 5.01 Å². The first kappa shape index (κ1) is 16.5. The number of carbonyl (C=O) groups is 3. The highest BCUT2D eigenvalue weighted by molar-refractivity contribution is 6.06. The largest absolute Gasteiger partial charge is 0.451 e. The average molecular weight is 318 g/mol. The highest BCUT2D eigenvalue weighted by atomic mass is 16.6. The lowest BCUT2D eigenvalue weighted by molar-refractivity contribution is -0.202. The van der Waals surface area contributed by atoms with Gasteiger partial charge >= 0.3 is 12.2 Å². The third-order valence-corrected chi connectivity index (χ3v) is 3.72. The topological polar surface area (TPSA) is 76.2 Å². The molecule has 3 amide bonds. The number of methoxy groups -OCH3 is 1. The normalized spacial score (nSPS) is 19.8. The highest BCUT2D eigenvalue weighted by Crippen LogP contribution is 2.44. The molecule has 1 saturated heterocycles. The summed E-state index contributed by atoms with van der Waals surface area (Å²) >= 11 is 0. The fraction of sp³-hybridized carbons (Fsp3) is 0.312. The van der Waals surface area contributed by atoms with Crippen LogP contribution in [0.1, 0.15) is 18.9 Å². The van der Waals surface area contributed by atoms with Crippen molar-refractivity contribution in [1.29, 1.82) is 0 Å². The monoisotopic (exact) mass is 318 g/mol. The highest BCUT2D eigenvalue weighted by Gasteiger charge is 2.65. The molecular weight excluding hydrogens is 300 g/mol. The Hall–Kier alpha value is -2.83. The minimum absolute atomic E-state index is 0.0346. The quantitative estimate of drug-likeness (QED) is 0.797. The predicted molar refractivity (Wildman–Crippen MR) is 81.0 cm³/mol. The minimum atomic E-state index is -1.28. The van der Waals surface area contributed by atoms with E-state index in [0.717, 1.165) is 12.1 Å². The Kier molecular flexibility index (Phi) is 4.68. The smallest absolute Gasteiger partial charge is 0.436 e. The molecule has 0 aliphatic carbocycles. The van der Waals surface area contributed by atoms with Crippen LogP contribution in [0.2, 0.25) is 0 Å². The fourth-order valence-electron chi connectivity index (χ4n) is 2.63. The Balaban J connectivity index is 2.47. The third kappa shape index (κ3) is 2.44. The number of rotatable bonds is 4. The first-order chi connectivity index (χ1) is 11.0. The minimum Gasteiger partial charge on any atom is -0.451 e. The third-order valence-electron chi connectivity index (χ3n) is 3.72. The summed E-state index contributed by atoms with van der Waals surface area (Å²) in [6.45, 7) is 5.19. The van der Waals surface area contributed by atoms with Crippen LogP contribution in [0.5, 0.6) is 0 Å². The van der Waals surface area contributed by atoms with Gasteiger partial charge in [0.25, 0.3) is 5.91 Å². The van der Waals surface area contributed by atoms with Crippen LogP contribution in [-0.4, -0.2) is 41.8 Å². The van der Waals surface area contributed by atoms with E-state index in [2.05, 4.69) is 11.3 Å². The lowest BCUT2D eigenvalue weighted by Crippen LogP contribution is -2.77. The van der Waals surface area contributed by atoms with E-state index in [1.165, 1.54) is 6.08 Å². The molecule has 122 valence electrons. The van der Waals surface area contributed by atoms with Crippen molar-refractivity contribution in [3.63, 3.8) is 0 Å². The first-order valence-electron chi connectivity index (χ1n) is 7.10. The van der Waals surface area contributed by atoms with Crippen molar-refractivity contribution in [1.82, 2.24) is 10.0 Å². The molecule has 0 aromatic heterocycles. The molecule has 1 atom stereocenters. The molecule has 1 heterocycles. The van der Waals surface area contributed by atoms with Crippen molar-refractivity contribution in [2.24, 2.45) is 0 Å². The maximum atomic E-state index is 12.7. The second-order valence-corrected chi connectivity index (χ2v) is 4.84. The number of ether oxygens (including phenoxy) is 2. The van der Waals surface area contributed by atoms with Crippen LogP contribution in [0.4, 0.5) is 9.59 Å². The molecule has 0 unspecified atom stereocenters. The van der Waals surface area contributed by atoms with Gasteiger partial charge in [0.1, 0.15) is 6.61 Å². The number of benzene rings is 1. The summed E-state index contributed by atoms with van der Waals surface area (Å²) in [5.41, 5.74) is -0.684. The number of imide groups is 1. The maximum Gasteiger partial charge on any atom is 0.436 e. The summed E-state index contributed by atoms with van der Waals surface area (Å²) in [6.07, 6.45) is -0.0730. The summed E-state index contributed by atoms with van der Waals surface area (Å²) in [4.78, 5) is 36.9. The van der Waals surface area contributed by atoms with Crippen molar-refractivity contribution in [3.05, 3.63) is 48.6 Å². The number of hydrogen-bond acceptors (Lipinski definition) is 5. The molecule has 7 heteroatoms. The van der Waals surface area contributed by atoms with Gasteiger partial charge in [0.2, 0.25) is 0 Å². The van der Waals surface area contributed by atoms with Gasteiger partial charge in [-0.25, -0.2) is 9.59 Å². The Bertz CT molecular complexity index is 631. The van der Waals surface area contributed by atoms with E-state index in [0.29, 0.717) is 10.6 Å². The van der Waals surface area contributed by atoms with Crippen LogP contribution in [0.3, 0.4) is 0 Å². The van der Waals surface area contributed by atoms with E-state index < -0.39 is 23.6 Å². The molecule has 23 heavy (non-hydrogen) atoms. The molecule has 0 N–H and O–H groups in total. The molecule has 7 nitrogen and oxygen atoms in total. The second kappa shape index (κ2) is 6.51. The molecule has 1 aliphatic rings. The van der Waals surface area contributed by atoms with Gasteiger partial charge < -0.3 is 9.47 Å². The average Bonchev–Trinajstić information content (AvgIpc) is 2.58. The Labute approximate surface area is 134 Å². The lowest BCUT2D eigenvalue weighted by Gasteiger charge is -2.54. The van der Waals surface area contributed by atoms with Crippen molar-refractivity contribution in [2.75, 3.05) is 13.7 Å². The summed E-state index contributed by atoms with van der Waals surface area (Å²) < 4.78 is 9.59. The number of amides is 3. The lowest BCUT2D eigenvalue weighted by atomic mass is 9.81. The van der Waals surface area contributed by atoms with Gasteiger partial charge in [0.15, 0.2) is 5.54 Å². The van der Waals surface area contributed by atoms with Crippen LogP contribution in [0, 0.1) is 0 Å². The number of nitrogens with zero attached hydrogens (tertiary/aromatic N) is 2. The summed E-state index contributed by atoms with van der Waals surface area (Å²) in [6, 6.07) is 8.77. The molecule has 1 aromatic rings. The van der Waals surface area contributed by atoms with Crippen LogP contribution >= 0.6 is 0 Å². The van der Waals surface area contributed by atoms with E-state index >= 15 is 0 Å². The van der Waals surface area contributed by atoms with Gasteiger partial charge in [-0.1, -0.05) is 49.9 Å². The van der Waals surface area contributed by atoms with Crippen LogP contribution in [0.15, 0.2) is 43.0 Å². The van der Waals surface area contributed by atoms with E-state index in [1.54, 1.807) is 37.3 Å². The van der Waals surface area contributed by atoms with E-state index in [1.807, 2.05) is 0 Å². The van der Waals surface area contributed by atoms with Gasteiger partial charge in [0, 0.05) is 0 Å². The van der Waals surface area contributed by atoms with E-state index in [4.69, 9.17) is 4.74 Å². The SMILES string of the molecule is C=CCOC(=O)N1N(C(=O)OC)C(=O)[C@@]1(CC)c1ccccc1. The van der Waals surface area contributed by atoms with Gasteiger partial charge in [-0.15, -0.1) is 5.01 Å². The van der Waals surface area contributed by atoms with Gasteiger partial charge in [-0.3, -0.25) is 4.79 Å². The number of hydrogen-bond donors (Lipinski definition) is 0.